The Bertz CT molecular complexity index is 303. The van der Waals surface area contributed by atoms with Crippen molar-refractivity contribution in [1.82, 2.24) is 0 Å². The van der Waals surface area contributed by atoms with Gasteiger partial charge in [-0.3, -0.25) is 0 Å². The van der Waals surface area contributed by atoms with Crippen molar-refractivity contribution >= 4 is 6.08 Å². The summed E-state index contributed by atoms with van der Waals surface area (Å²) >= 11 is 0. The standard InChI is InChI=1S/C12H16O2/c1-3-6-11-7-4-5-8-12(11)14-9-10(2)13/h3-8,10,13H,9H2,1-2H3. The number of hydrogen-bond acceptors (Lipinski definition) is 2. The Morgan fingerprint density at radius 3 is 2.79 bits per heavy atom. The summed E-state index contributed by atoms with van der Waals surface area (Å²) in [6.07, 6.45) is 3.51. The van der Waals surface area contributed by atoms with E-state index >= 15 is 0 Å². The smallest absolute Gasteiger partial charge is 0.126 e. The molecule has 0 aromatic heterocycles. The topological polar surface area (TPSA) is 29.5 Å². The molecule has 0 saturated carbocycles. The monoisotopic (exact) mass is 192 g/mol. The molecule has 14 heavy (non-hydrogen) atoms. The second-order valence-electron chi connectivity index (χ2n) is 3.20. The van der Waals surface area contributed by atoms with Crippen LogP contribution in [0.25, 0.3) is 6.08 Å². The molecular formula is C12H16O2. The van der Waals surface area contributed by atoms with Crippen LogP contribution in [-0.4, -0.2) is 17.8 Å². The first-order valence-corrected chi connectivity index (χ1v) is 4.76. The number of ether oxygens (including phenoxy) is 1. The summed E-state index contributed by atoms with van der Waals surface area (Å²) in [6, 6.07) is 7.77. The summed E-state index contributed by atoms with van der Waals surface area (Å²) in [4.78, 5) is 0. The van der Waals surface area contributed by atoms with Gasteiger partial charge in [-0.1, -0.05) is 30.4 Å². The normalized spacial score (nSPS) is 13.1. The van der Waals surface area contributed by atoms with Crippen molar-refractivity contribution in [2.24, 2.45) is 0 Å². The number of aliphatic hydroxyl groups excluding tert-OH is 1. The Kier molecular flexibility index (Phi) is 4.20. The summed E-state index contributed by atoms with van der Waals surface area (Å²) in [5, 5.41) is 9.09. The molecule has 2 heteroatoms. The molecule has 1 rings (SSSR count). The van der Waals surface area contributed by atoms with Gasteiger partial charge in [0.05, 0.1) is 6.10 Å². The minimum atomic E-state index is -0.436. The second-order valence-corrected chi connectivity index (χ2v) is 3.20. The summed E-state index contributed by atoms with van der Waals surface area (Å²) < 4.78 is 5.45. The maximum absolute atomic E-state index is 9.09. The van der Waals surface area contributed by atoms with Crippen molar-refractivity contribution < 1.29 is 9.84 Å². The Labute approximate surface area is 84.8 Å². The van der Waals surface area contributed by atoms with Crippen LogP contribution in [0.15, 0.2) is 30.3 Å². The number of benzene rings is 1. The SMILES string of the molecule is CC=Cc1ccccc1OCC(C)O. The first-order chi connectivity index (χ1) is 6.74. The molecule has 76 valence electrons. The molecule has 0 spiro atoms. The molecule has 1 atom stereocenters. The van der Waals surface area contributed by atoms with Crippen LogP contribution in [-0.2, 0) is 0 Å². The summed E-state index contributed by atoms with van der Waals surface area (Å²) in [7, 11) is 0. The van der Waals surface area contributed by atoms with Crippen LogP contribution >= 0.6 is 0 Å². The number of hydrogen-bond donors (Lipinski definition) is 1. The van der Waals surface area contributed by atoms with Crippen molar-refractivity contribution in [3.63, 3.8) is 0 Å². The molecule has 0 amide bonds. The van der Waals surface area contributed by atoms with Crippen LogP contribution in [0, 0.1) is 0 Å². The van der Waals surface area contributed by atoms with Gasteiger partial charge in [0.2, 0.25) is 0 Å². The van der Waals surface area contributed by atoms with E-state index in [9.17, 15) is 0 Å². The fourth-order valence-electron chi connectivity index (χ4n) is 1.14. The molecule has 0 heterocycles. The molecule has 0 aliphatic carbocycles. The molecule has 1 N–H and O–H groups in total. The molecule has 0 aliphatic rings. The summed E-state index contributed by atoms with van der Waals surface area (Å²) in [5.74, 6) is 0.812. The highest BCUT2D eigenvalue weighted by Crippen LogP contribution is 2.19. The highest BCUT2D eigenvalue weighted by Gasteiger charge is 2.01. The molecule has 1 aromatic carbocycles. The number of allylic oxidation sites excluding steroid dienone is 1. The predicted octanol–water partition coefficient (Wildman–Crippen LogP) is 2.48. The zero-order valence-corrected chi connectivity index (χ0v) is 8.60. The fourth-order valence-corrected chi connectivity index (χ4v) is 1.14. The lowest BCUT2D eigenvalue weighted by Gasteiger charge is -2.10. The van der Waals surface area contributed by atoms with E-state index in [4.69, 9.17) is 9.84 Å². The maximum Gasteiger partial charge on any atom is 0.126 e. The second kappa shape index (κ2) is 5.45. The molecule has 0 aliphatic heterocycles. The molecule has 2 nitrogen and oxygen atoms in total. The number of para-hydroxylation sites is 1. The molecule has 0 bridgehead atoms. The van der Waals surface area contributed by atoms with E-state index in [1.165, 1.54) is 0 Å². The van der Waals surface area contributed by atoms with Gasteiger partial charge >= 0.3 is 0 Å². The van der Waals surface area contributed by atoms with Gasteiger partial charge in [-0.05, 0) is 19.9 Å². The van der Waals surface area contributed by atoms with Crippen LogP contribution in [0.5, 0.6) is 5.75 Å². The van der Waals surface area contributed by atoms with Crippen molar-refractivity contribution in [3.05, 3.63) is 35.9 Å². The highest BCUT2D eigenvalue weighted by atomic mass is 16.5. The number of aliphatic hydroxyl groups is 1. The van der Waals surface area contributed by atoms with Crippen LogP contribution in [0.4, 0.5) is 0 Å². The van der Waals surface area contributed by atoms with Gasteiger partial charge < -0.3 is 9.84 Å². The quantitative estimate of drug-likeness (QED) is 0.794. The predicted molar refractivity (Wildman–Crippen MR) is 58.3 cm³/mol. The first-order valence-electron chi connectivity index (χ1n) is 4.76. The fraction of sp³-hybridized carbons (Fsp3) is 0.333. The Morgan fingerprint density at radius 1 is 1.43 bits per heavy atom. The van der Waals surface area contributed by atoms with E-state index in [0.29, 0.717) is 6.61 Å². The zero-order valence-electron chi connectivity index (χ0n) is 8.60. The van der Waals surface area contributed by atoms with E-state index in [2.05, 4.69) is 0 Å². The minimum absolute atomic E-state index is 0.328. The van der Waals surface area contributed by atoms with Gasteiger partial charge in [-0.25, -0.2) is 0 Å². The van der Waals surface area contributed by atoms with E-state index in [1.807, 2.05) is 43.3 Å². The van der Waals surface area contributed by atoms with E-state index in [1.54, 1.807) is 6.92 Å². The number of rotatable bonds is 4. The van der Waals surface area contributed by atoms with E-state index < -0.39 is 6.10 Å². The average Bonchev–Trinajstić information content (AvgIpc) is 2.17. The van der Waals surface area contributed by atoms with Gasteiger partial charge in [0.25, 0.3) is 0 Å². The van der Waals surface area contributed by atoms with Crippen LogP contribution in [0.3, 0.4) is 0 Å². The third kappa shape index (κ3) is 3.23. The van der Waals surface area contributed by atoms with Crippen LogP contribution in [0.2, 0.25) is 0 Å². The van der Waals surface area contributed by atoms with Gasteiger partial charge in [-0.2, -0.15) is 0 Å². The van der Waals surface area contributed by atoms with Gasteiger partial charge in [-0.15, -0.1) is 0 Å². The molecule has 0 radical (unpaired) electrons. The summed E-state index contributed by atoms with van der Waals surface area (Å²) in [6.45, 7) is 4.00. The largest absolute Gasteiger partial charge is 0.490 e. The Morgan fingerprint density at radius 2 is 2.14 bits per heavy atom. The van der Waals surface area contributed by atoms with Crippen molar-refractivity contribution in [2.45, 2.75) is 20.0 Å². The third-order valence-electron chi connectivity index (χ3n) is 1.75. The first kappa shape index (κ1) is 10.8. The van der Waals surface area contributed by atoms with Crippen LogP contribution in [0.1, 0.15) is 19.4 Å². The third-order valence-corrected chi connectivity index (χ3v) is 1.75. The minimum Gasteiger partial charge on any atom is -0.490 e. The molecule has 1 aromatic rings. The lowest BCUT2D eigenvalue weighted by atomic mass is 10.2. The van der Waals surface area contributed by atoms with Gasteiger partial charge in [0, 0.05) is 5.56 Å². The van der Waals surface area contributed by atoms with E-state index in [-0.39, 0.29) is 0 Å². The van der Waals surface area contributed by atoms with Crippen molar-refractivity contribution in [2.75, 3.05) is 6.61 Å². The molecule has 0 saturated heterocycles. The lowest BCUT2D eigenvalue weighted by Crippen LogP contribution is -2.13. The van der Waals surface area contributed by atoms with Gasteiger partial charge in [0.1, 0.15) is 12.4 Å². The molecular weight excluding hydrogens is 176 g/mol. The highest BCUT2D eigenvalue weighted by molar-refractivity contribution is 5.56. The van der Waals surface area contributed by atoms with Crippen molar-refractivity contribution in [1.29, 1.82) is 0 Å². The Hall–Kier alpha value is -1.28. The summed E-state index contributed by atoms with van der Waals surface area (Å²) in [5.41, 5.74) is 1.04. The van der Waals surface area contributed by atoms with Gasteiger partial charge in [0.15, 0.2) is 0 Å². The van der Waals surface area contributed by atoms with E-state index in [0.717, 1.165) is 11.3 Å². The lowest BCUT2D eigenvalue weighted by molar-refractivity contribution is 0.122. The molecule has 0 fully saturated rings. The Balaban J connectivity index is 2.74. The molecule has 1 unspecified atom stereocenters. The zero-order chi connectivity index (χ0) is 10.4. The van der Waals surface area contributed by atoms with Crippen LogP contribution < -0.4 is 4.74 Å². The van der Waals surface area contributed by atoms with Crippen molar-refractivity contribution in [3.8, 4) is 5.75 Å². The maximum atomic E-state index is 9.09. The average molecular weight is 192 g/mol.